The quantitative estimate of drug-likeness (QED) is 0.230. The molecule has 0 aliphatic rings. The Morgan fingerprint density at radius 2 is 1.48 bits per heavy atom. The van der Waals surface area contributed by atoms with Crippen LogP contribution in [0.15, 0.2) is 25.3 Å². The van der Waals surface area contributed by atoms with Gasteiger partial charge < -0.3 is 20.0 Å². The van der Waals surface area contributed by atoms with Crippen LogP contribution in [0.1, 0.15) is 12.8 Å². The number of quaternary nitrogens is 2. The Hall–Kier alpha value is -1.66. The zero-order chi connectivity index (χ0) is 17.7. The summed E-state index contributed by atoms with van der Waals surface area (Å²) in [6.07, 6.45) is 4.52. The highest BCUT2D eigenvalue weighted by molar-refractivity contribution is 5.87. The molecule has 6 heteroatoms. The second-order valence-corrected chi connectivity index (χ2v) is 6.54. The number of nitrogens with one attached hydrogen (secondary N) is 3. The molecule has 3 N–H and O–H groups in total. The van der Waals surface area contributed by atoms with Crippen LogP contribution in [-0.2, 0) is 9.59 Å². The van der Waals surface area contributed by atoms with Crippen molar-refractivity contribution < 1.29 is 19.0 Å². The van der Waals surface area contributed by atoms with Crippen LogP contribution < -0.4 is 15.5 Å². The lowest BCUT2D eigenvalue weighted by Crippen LogP contribution is -3.10. The van der Waals surface area contributed by atoms with E-state index < -0.39 is 0 Å². The maximum absolute atomic E-state index is 11.1. The summed E-state index contributed by atoms with van der Waals surface area (Å²) in [7, 11) is 6.61. The van der Waals surface area contributed by atoms with Gasteiger partial charge in [0.25, 0.3) is 0 Å². The van der Waals surface area contributed by atoms with Crippen LogP contribution in [0.25, 0.3) is 0 Å². The number of hydrogen-bond donors (Lipinski definition) is 3. The average Bonchev–Trinajstić information content (AvgIpc) is 2.53. The van der Waals surface area contributed by atoms with Crippen LogP contribution in [0.4, 0.5) is 0 Å². The second kappa shape index (κ2) is 11.8. The third-order valence-electron chi connectivity index (χ3n) is 3.83. The Labute approximate surface area is 140 Å². The van der Waals surface area contributed by atoms with Crippen molar-refractivity contribution >= 4 is 11.8 Å². The van der Waals surface area contributed by atoms with E-state index in [1.807, 2.05) is 0 Å². The third kappa shape index (κ3) is 12.6. The predicted molar refractivity (Wildman–Crippen MR) is 94.1 cm³/mol. The van der Waals surface area contributed by atoms with Gasteiger partial charge in [-0.1, -0.05) is 13.2 Å². The molecule has 0 saturated carbocycles. The summed E-state index contributed by atoms with van der Waals surface area (Å²) in [6, 6.07) is 0. The Balaban J connectivity index is 3.76. The predicted octanol–water partition coefficient (Wildman–Crippen LogP) is -1.04. The van der Waals surface area contributed by atoms with Crippen LogP contribution in [0.3, 0.4) is 0 Å². The number of amides is 2. The van der Waals surface area contributed by atoms with Gasteiger partial charge >= 0.3 is 0 Å². The van der Waals surface area contributed by atoms with Gasteiger partial charge in [-0.15, -0.1) is 0 Å². The van der Waals surface area contributed by atoms with Crippen molar-refractivity contribution in [1.82, 2.24) is 10.6 Å². The SMILES string of the molecule is C=CC(=O)NCCC[NH+](C)CC[N+](C)(C)CCCNC(=O)C=C. The molecular weight excluding hydrogens is 292 g/mol. The lowest BCUT2D eigenvalue weighted by Gasteiger charge is -2.30. The first kappa shape index (κ1) is 21.3. The smallest absolute Gasteiger partial charge is 0.243 e. The minimum absolute atomic E-state index is 0.107. The fourth-order valence-electron chi connectivity index (χ4n) is 2.20. The van der Waals surface area contributed by atoms with Gasteiger partial charge in [-0.3, -0.25) is 9.59 Å². The molecule has 1 unspecified atom stereocenters. The highest BCUT2D eigenvalue weighted by Gasteiger charge is 2.17. The van der Waals surface area contributed by atoms with Gasteiger partial charge in [-0.2, -0.15) is 0 Å². The van der Waals surface area contributed by atoms with E-state index in [2.05, 4.69) is 44.9 Å². The standard InChI is InChI=1S/C17H32N4O2/c1-6-16(22)18-10-8-12-20(3)13-15-21(4,5)14-9-11-19-17(23)7-2/h6-7H,1-2,8-15H2,3-5H3,(H-,18,19,22,23)/p+2. The summed E-state index contributed by atoms with van der Waals surface area (Å²) in [5.74, 6) is -0.216. The minimum atomic E-state index is -0.108. The third-order valence-corrected chi connectivity index (χ3v) is 3.83. The minimum Gasteiger partial charge on any atom is -0.352 e. The Kier molecular flexibility index (Phi) is 11.0. The van der Waals surface area contributed by atoms with E-state index in [0.29, 0.717) is 13.1 Å². The van der Waals surface area contributed by atoms with Crippen molar-refractivity contribution in [3.63, 3.8) is 0 Å². The maximum atomic E-state index is 11.1. The van der Waals surface area contributed by atoms with Gasteiger partial charge in [-0.25, -0.2) is 0 Å². The fraction of sp³-hybridized carbons (Fsp3) is 0.647. The van der Waals surface area contributed by atoms with Gasteiger partial charge in [0.15, 0.2) is 0 Å². The van der Waals surface area contributed by atoms with Crippen LogP contribution in [0.5, 0.6) is 0 Å². The average molecular weight is 326 g/mol. The molecule has 0 aliphatic heterocycles. The van der Waals surface area contributed by atoms with E-state index in [1.54, 1.807) is 0 Å². The zero-order valence-corrected chi connectivity index (χ0v) is 15.0. The molecule has 0 aliphatic carbocycles. The van der Waals surface area contributed by atoms with Crippen LogP contribution in [0, 0.1) is 0 Å². The summed E-state index contributed by atoms with van der Waals surface area (Å²) in [5.41, 5.74) is 0. The molecule has 0 rings (SSSR count). The number of rotatable bonds is 13. The molecule has 0 aromatic heterocycles. The van der Waals surface area contributed by atoms with Gasteiger partial charge in [-0.05, 0) is 12.2 Å². The monoisotopic (exact) mass is 326 g/mol. The molecule has 0 bridgehead atoms. The second-order valence-electron chi connectivity index (χ2n) is 6.54. The molecule has 0 saturated heterocycles. The Bertz CT molecular complexity index is 394. The van der Waals surface area contributed by atoms with E-state index in [1.165, 1.54) is 17.1 Å². The molecule has 0 radical (unpaired) electrons. The van der Waals surface area contributed by atoms with Crippen LogP contribution >= 0.6 is 0 Å². The topological polar surface area (TPSA) is 62.6 Å². The molecule has 23 heavy (non-hydrogen) atoms. The molecule has 132 valence electrons. The maximum Gasteiger partial charge on any atom is 0.243 e. The fourth-order valence-corrected chi connectivity index (χ4v) is 2.20. The zero-order valence-electron chi connectivity index (χ0n) is 15.0. The molecule has 0 spiro atoms. The largest absolute Gasteiger partial charge is 0.352 e. The van der Waals surface area contributed by atoms with Crippen molar-refractivity contribution in [2.75, 3.05) is 60.4 Å². The van der Waals surface area contributed by atoms with Crippen molar-refractivity contribution in [3.05, 3.63) is 25.3 Å². The van der Waals surface area contributed by atoms with Gasteiger partial charge in [0.05, 0.1) is 34.2 Å². The molecule has 1 atom stereocenters. The number of carbonyl (C=O) groups is 2. The summed E-state index contributed by atoms with van der Waals surface area (Å²) in [4.78, 5) is 23.6. The van der Waals surface area contributed by atoms with Crippen molar-refractivity contribution in [2.24, 2.45) is 0 Å². The highest BCUT2D eigenvalue weighted by atomic mass is 16.2. The lowest BCUT2D eigenvalue weighted by atomic mass is 10.3. The Morgan fingerprint density at radius 3 is 2.00 bits per heavy atom. The van der Waals surface area contributed by atoms with Crippen molar-refractivity contribution in [1.29, 1.82) is 0 Å². The summed E-state index contributed by atoms with van der Waals surface area (Å²) >= 11 is 0. The molecule has 0 fully saturated rings. The first-order valence-electron chi connectivity index (χ1n) is 8.24. The van der Waals surface area contributed by atoms with Crippen LogP contribution in [-0.4, -0.2) is 76.7 Å². The lowest BCUT2D eigenvalue weighted by molar-refractivity contribution is -0.942. The number of carbonyl (C=O) groups excluding carboxylic acids is 2. The molecule has 0 aromatic rings. The van der Waals surface area contributed by atoms with E-state index in [4.69, 9.17) is 0 Å². The first-order chi connectivity index (χ1) is 10.8. The van der Waals surface area contributed by atoms with Crippen molar-refractivity contribution in [2.45, 2.75) is 12.8 Å². The molecule has 0 aromatic carbocycles. The van der Waals surface area contributed by atoms with Crippen LogP contribution in [0.2, 0.25) is 0 Å². The number of likely N-dealkylation sites (N-methyl/N-ethyl adjacent to an activating group) is 2. The van der Waals surface area contributed by atoms with E-state index >= 15 is 0 Å². The van der Waals surface area contributed by atoms with E-state index in [0.717, 1.165) is 43.5 Å². The summed E-state index contributed by atoms with van der Waals surface area (Å²) in [6.45, 7) is 12.5. The highest BCUT2D eigenvalue weighted by Crippen LogP contribution is 1.97. The van der Waals surface area contributed by atoms with E-state index in [9.17, 15) is 9.59 Å². The normalized spacial score (nSPS) is 12.3. The van der Waals surface area contributed by atoms with E-state index in [-0.39, 0.29) is 11.8 Å². The van der Waals surface area contributed by atoms with Gasteiger partial charge in [0.1, 0.15) is 13.1 Å². The molecule has 6 nitrogen and oxygen atoms in total. The first-order valence-corrected chi connectivity index (χ1v) is 8.24. The Morgan fingerprint density at radius 1 is 0.957 bits per heavy atom. The molecular formula is C17H34N4O2+2. The summed E-state index contributed by atoms with van der Waals surface area (Å²) < 4.78 is 0.939. The van der Waals surface area contributed by atoms with Gasteiger partial charge in [0, 0.05) is 25.9 Å². The van der Waals surface area contributed by atoms with Crippen molar-refractivity contribution in [3.8, 4) is 0 Å². The number of hydrogen-bond acceptors (Lipinski definition) is 2. The molecule has 2 amide bonds. The number of nitrogens with zero attached hydrogens (tertiary/aromatic N) is 1. The van der Waals surface area contributed by atoms with Gasteiger partial charge in [0.2, 0.25) is 11.8 Å². The summed E-state index contributed by atoms with van der Waals surface area (Å²) in [5, 5.41) is 5.60. The molecule has 0 heterocycles.